The third-order valence-corrected chi connectivity index (χ3v) is 5.79. The molecule has 1 fully saturated rings. The molecule has 1 aromatic carbocycles. The molecular weight excluding hydrogens is 394 g/mol. The molecule has 1 saturated heterocycles. The first-order valence-corrected chi connectivity index (χ1v) is 10.4. The number of pyridine rings is 1. The van der Waals surface area contributed by atoms with Crippen LogP contribution in [0.4, 0.5) is 0 Å². The van der Waals surface area contributed by atoms with E-state index in [1.165, 1.54) is 9.21 Å². The minimum atomic E-state index is -3.26. The molecule has 1 aromatic heterocycles. The topological polar surface area (TPSA) is 96.9 Å². The molecule has 1 aliphatic rings. The molecule has 0 bridgehead atoms. The number of nitrogens with zero attached hydrogens (tertiary/aromatic N) is 3. The molecule has 10 heteroatoms. The Morgan fingerprint density at radius 1 is 1.15 bits per heavy atom. The molecule has 3 rings (SSSR count). The molecule has 8 nitrogen and oxygen atoms in total. The Balaban J connectivity index is 1.56. The van der Waals surface area contributed by atoms with E-state index in [0.29, 0.717) is 16.2 Å². The lowest BCUT2D eigenvalue weighted by Gasteiger charge is -2.33. The lowest BCUT2D eigenvalue weighted by molar-refractivity contribution is -0.135. The van der Waals surface area contributed by atoms with Gasteiger partial charge in [0, 0.05) is 31.6 Å². The van der Waals surface area contributed by atoms with Crippen molar-refractivity contribution in [3.63, 3.8) is 0 Å². The Labute approximate surface area is 161 Å². The number of fused-ring (bicyclic) bond motifs is 1. The number of halogens is 1. The minimum absolute atomic E-state index is 0.235. The SMILES string of the molecule is CS(=O)(=O)N1CCN(C(=O)COC(=O)c2ccc3nc(Cl)ccc3c2)CC1. The zero-order valence-corrected chi connectivity index (χ0v) is 16.2. The van der Waals surface area contributed by atoms with Crippen LogP contribution < -0.4 is 0 Å². The third-order valence-electron chi connectivity index (χ3n) is 4.28. The highest BCUT2D eigenvalue weighted by molar-refractivity contribution is 7.88. The van der Waals surface area contributed by atoms with E-state index in [0.717, 1.165) is 11.6 Å². The van der Waals surface area contributed by atoms with Crippen LogP contribution in [0.1, 0.15) is 10.4 Å². The van der Waals surface area contributed by atoms with Gasteiger partial charge in [0.2, 0.25) is 10.0 Å². The van der Waals surface area contributed by atoms with E-state index in [9.17, 15) is 18.0 Å². The predicted octanol–water partition coefficient (Wildman–Crippen LogP) is 1.15. The quantitative estimate of drug-likeness (QED) is 0.553. The number of carbonyl (C=O) groups is 2. The standard InChI is InChI=1S/C17H18ClN3O5S/c1-27(24,25)21-8-6-20(7-9-21)16(22)11-26-17(23)13-2-4-14-12(10-13)3-5-15(18)19-14/h2-5,10H,6-9,11H2,1H3. The van der Waals surface area contributed by atoms with E-state index in [1.807, 2.05) is 0 Å². The summed E-state index contributed by atoms with van der Waals surface area (Å²) in [5, 5.41) is 1.09. The summed E-state index contributed by atoms with van der Waals surface area (Å²) in [7, 11) is -3.26. The summed E-state index contributed by atoms with van der Waals surface area (Å²) in [6.45, 7) is 0.615. The van der Waals surface area contributed by atoms with E-state index in [2.05, 4.69) is 4.98 Å². The highest BCUT2D eigenvalue weighted by atomic mass is 35.5. The summed E-state index contributed by atoms with van der Waals surface area (Å²) in [6.07, 6.45) is 1.14. The first-order valence-electron chi connectivity index (χ1n) is 8.20. The zero-order chi connectivity index (χ0) is 19.6. The summed E-state index contributed by atoms with van der Waals surface area (Å²) in [5.74, 6) is -0.972. The van der Waals surface area contributed by atoms with Crippen LogP contribution in [0.25, 0.3) is 10.9 Å². The van der Waals surface area contributed by atoms with Gasteiger partial charge in [-0.3, -0.25) is 4.79 Å². The highest BCUT2D eigenvalue weighted by Gasteiger charge is 2.26. The Bertz CT molecular complexity index is 987. The predicted molar refractivity (Wildman–Crippen MR) is 100 cm³/mol. The van der Waals surface area contributed by atoms with Crippen LogP contribution in [0.15, 0.2) is 30.3 Å². The Morgan fingerprint density at radius 2 is 1.85 bits per heavy atom. The third kappa shape index (κ3) is 4.74. The average molecular weight is 412 g/mol. The smallest absolute Gasteiger partial charge is 0.338 e. The van der Waals surface area contributed by atoms with Crippen LogP contribution in [-0.4, -0.2) is 73.5 Å². The number of aromatic nitrogens is 1. The zero-order valence-electron chi connectivity index (χ0n) is 14.6. The first-order chi connectivity index (χ1) is 12.7. The van der Waals surface area contributed by atoms with Crippen LogP contribution in [0.2, 0.25) is 5.15 Å². The molecule has 2 heterocycles. The molecule has 144 valence electrons. The van der Waals surface area contributed by atoms with Crippen LogP contribution in [-0.2, 0) is 19.6 Å². The summed E-state index contributed by atoms with van der Waals surface area (Å²) >= 11 is 5.83. The van der Waals surface area contributed by atoms with Crippen molar-refractivity contribution in [2.75, 3.05) is 39.0 Å². The summed E-state index contributed by atoms with van der Waals surface area (Å²) in [6, 6.07) is 8.20. The summed E-state index contributed by atoms with van der Waals surface area (Å²) < 4.78 is 29.4. The number of hydrogen-bond donors (Lipinski definition) is 0. The van der Waals surface area contributed by atoms with Crippen molar-refractivity contribution in [1.82, 2.24) is 14.2 Å². The second-order valence-electron chi connectivity index (χ2n) is 6.16. The van der Waals surface area contributed by atoms with Gasteiger partial charge in [0.1, 0.15) is 5.15 Å². The van der Waals surface area contributed by atoms with Crippen molar-refractivity contribution in [2.45, 2.75) is 0 Å². The number of benzene rings is 1. The van der Waals surface area contributed by atoms with Crippen molar-refractivity contribution < 1.29 is 22.7 Å². The molecule has 2 aromatic rings. The maximum atomic E-state index is 12.2. The van der Waals surface area contributed by atoms with E-state index in [-0.39, 0.29) is 32.1 Å². The Kier molecular flexibility index (Phi) is 5.64. The fourth-order valence-electron chi connectivity index (χ4n) is 2.80. The van der Waals surface area contributed by atoms with Gasteiger partial charge >= 0.3 is 5.97 Å². The molecule has 0 saturated carbocycles. The molecular formula is C17H18ClN3O5S. The van der Waals surface area contributed by atoms with Gasteiger partial charge in [0.05, 0.1) is 17.3 Å². The van der Waals surface area contributed by atoms with Crippen molar-refractivity contribution in [1.29, 1.82) is 0 Å². The molecule has 0 radical (unpaired) electrons. The number of rotatable bonds is 4. The van der Waals surface area contributed by atoms with Crippen molar-refractivity contribution in [3.8, 4) is 0 Å². The van der Waals surface area contributed by atoms with Gasteiger partial charge in [-0.25, -0.2) is 18.2 Å². The second kappa shape index (κ2) is 7.79. The second-order valence-corrected chi connectivity index (χ2v) is 8.53. The van der Waals surface area contributed by atoms with Gasteiger partial charge < -0.3 is 9.64 Å². The van der Waals surface area contributed by atoms with Gasteiger partial charge in [0.15, 0.2) is 6.61 Å². The molecule has 0 atom stereocenters. The number of esters is 1. The first kappa shape index (κ1) is 19.5. The van der Waals surface area contributed by atoms with E-state index >= 15 is 0 Å². The van der Waals surface area contributed by atoms with Crippen molar-refractivity contribution in [3.05, 3.63) is 41.0 Å². The molecule has 0 aliphatic carbocycles. The molecule has 0 N–H and O–H groups in total. The molecule has 0 spiro atoms. The van der Waals surface area contributed by atoms with E-state index < -0.39 is 22.6 Å². The number of ether oxygens (including phenoxy) is 1. The van der Waals surface area contributed by atoms with E-state index in [4.69, 9.17) is 16.3 Å². The average Bonchev–Trinajstić information content (AvgIpc) is 2.64. The lowest BCUT2D eigenvalue weighted by Crippen LogP contribution is -2.51. The number of piperazine rings is 1. The van der Waals surface area contributed by atoms with Crippen LogP contribution in [0.5, 0.6) is 0 Å². The number of hydrogen-bond acceptors (Lipinski definition) is 6. The normalized spacial score (nSPS) is 15.7. The van der Waals surface area contributed by atoms with E-state index in [1.54, 1.807) is 30.3 Å². The maximum Gasteiger partial charge on any atom is 0.338 e. The molecule has 1 amide bonds. The lowest BCUT2D eigenvalue weighted by atomic mass is 10.1. The van der Waals surface area contributed by atoms with Gasteiger partial charge in [-0.15, -0.1) is 0 Å². The summed E-state index contributed by atoms with van der Waals surface area (Å²) in [4.78, 5) is 30.0. The monoisotopic (exact) mass is 411 g/mol. The summed E-state index contributed by atoms with van der Waals surface area (Å²) in [5.41, 5.74) is 0.959. The van der Waals surface area contributed by atoms with Crippen molar-refractivity contribution >= 4 is 44.4 Å². The fourth-order valence-corrected chi connectivity index (χ4v) is 3.78. The molecule has 27 heavy (non-hydrogen) atoms. The van der Waals surface area contributed by atoms with Gasteiger partial charge in [-0.1, -0.05) is 11.6 Å². The van der Waals surface area contributed by atoms with Crippen molar-refractivity contribution in [2.24, 2.45) is 0 Å². The minimum Gasteiger partial charge on any atom is -0.452 e. The molecule has 1 aliphatic heterocycles. The molecule has 0 unspecified atom stereocenters. The van der Waals surface area contributed by atoms with Gasteiger partial charge in [-0.05, 0) is 30.3 Å². The Hall–Kier alpha value is -2.23. The van der Waals surface area contributed by atoms with Gasteiger partial charge in [-0.2, -0.15) is 4.31 Å². The number of carbonyl (C=O) groups excluding carboxylic acids is 2. The number of amides is 1. The van der Waals surface area contributed by atoms with Crippen LogP contribution in [0.3, 0.4) is 0 Å². The fraction of sp³-hybridized carbons (Fsp3) is 0.353. The largest absolute Gasteiger partial charge is 0.452 e. The maximum absolute atomic E-state index is 12.2. The Morgan fingerprint density at radius 3 is 2.52 bits per heavy atom. The van der Waals surface area contributed by atoms with Crippen LogP contribution >= 0.6 is 11.6 Å². The van der Waals surface area contributed by atoms with Gasteiger partial charge in [0.25, 0.3) is 5.91 Å². The number of sulfonamides is 1. The van der Waals surface area contributed by atoms with Crippen LogP contribution in [0, 0.1) is 0 Å². The highest BCUT2D eigenvalue weighted by Crippen LogP contribution is 2.17.